The van der Waals surface area contributed by atoms with Crippen molar-refractivity contribution in [1.82, 2.24) is 5.32 Å². The molecule has 0 spiro atoms. The lowest BCUT2D eigenvalue weighted by molar-refractivity contribution is -0.127. The van der Waals surface area contributed by atoms with Gasteiger partial charge in [-0.05, 0) is 19.8 Å². The molecule has 5 nitrogen and oxygen atoms in total. The lowest BCUT2D eigenvalue weighted by Crippen LogP contribution is -2.57. The van der Waals surface area contributed by atoms with Crippen molar-refractivity contribution in [1.29, 1.82) is 0 Å². The summed E-state index contributed by atoms with van der Waals surface area (Å²) in [6.07, 6.45) is 1.61. The molecule has 0 aliphatic carbocycles. The molecule has 0 bridgehead atoms. The molecule has 1 amide bonds. The number of ether oxygens (including phenoxy) is 2. The van der Waals surface area contributed by atoms with E-state index < -0.39 is 5.54 Å². The minimum Gasteiger partial charge on any atom is -0.381 e. The van der Waals surface area contributed by atoms with E-state index in [-0.39, 0.29) is 11.9 Å². The summed E-state index contributed by atoms with van der Waals surface area (Å²) in [5, 5.41) is 2.98. The van der Waals surface area contributed by atoms with Crippen molar-refractivity contribution in [2.24, 2.45) is 11.7 Å². The summed E-state index contributed by atoms with van der Waals surface area (Å²) in [4.78, 5) is 12.0. The Morgan fingerprint density at radius 2 is 2.31 bits per heavy atom. The fraction of sp³-hybridized carbons (Fsp3) is 0.909. The van der Waals surface area contributed by atoms with Crippen molar-refractivity contribution in [3.63, 3.8) is 0 Å². The Hall–Kier alpha value is -0.650. The summed E-state index contributed by atoms with van der Waals surface area (Å²) in [5.74, 6) is 0.319. The molecule has 0 aromatic rings. The van der Waals surface area contributed by atoms with E-state index in [2.05, 4.69) is 5.32 Å². The molecule has 2 heterocycles. The van der Waals surface area contributed by atoms with Crippen molar-refractivity contribution in [3.05, 3.63) is 0 Å². The average Bonchev–Trinajstić information content (AvgIpc) is 2.88. The van der Waals surface area contributed by atoms with Crippen LogP contribution < -0.4 is 11.1 Å². The monoisotopic (exact) mass is 228 g/mol. The first kappa shape index (κ1) is 11.8. The zero-order valence-corrected chi connectivity index (χ0v) is 9.70. The van der Waals surface area contributed by atoms with E-state index in [0.717, 1.165) is 19.6 Å². The molecule has 2 fully saturated rings. The van der Waals surface area contributed by atoms with Gasteiger partial charge in [0.15, 0.2) is 0 Å². The standard InChI is InChI=1S/C11H20N2O3/c1-8(9-2-4-15-6-9)13-10(14)11(12)3-5-16-7-11/h8-9H,2-7,12H2,1H3,(H,13,14). The number of nitrogens with two attached hydrogens (primary N) is 1. The zero-order chi connectivity index (χ0) is 11.6. The maximum atomic E-state index is 12.0. The summed E-state index contributed by atoms with van der Waals surface area (Å²) in [6.45, 7) is 4.44. The summed E-state index contributed by atoms with van der Waals surface area (Å²) < 4.78 is 10.5. The molecule has 2 aliphatic rings. The van der Waals surface area contributed by atoms with Crippen molar-refractivity contribution in [3.8, 4) is 0 Å². The first-order valence-corrected chi connectivity index (χ1v) is 5.87. The number of nitrogens with one attached hydrogen (secondary N) is 1. The fourth-order valence-electron chi connectivity index (χ4n) is 2.18. The van der Waals surface area contributed by atoms with Gasteiger partial charge in [-0.25, -0.2) is 0 Å². The third kappa shape index (κ3) is 2.36. The van der Waals surface area contributed by atoms with E-state index >= 15 is 0 Å². The average molecular weight is 228 g/mol. The first-order chi connectivity index (χ1) is 7.62. The molecular formula is C11H20N2O3. The van der Waals surface area contributed by atoms with Gasteiger partial charge in [0.2, 0.25) is 5.91 Å². The highest BCUT2D eigenvalue weighted by Crippen LogP contribution is 2.19. The van der Waals surface area contributed by atoms with E-state index in [1.807, 2.05) is 6.92 Å². The zero-order valence-electron chi connectivity index (χ0n) is 9.70. The van der Waals surface area contributed by atoms with Gasteiger partial charge in [-0.3, -0.25) is 4.79 Å². The van der Waals surface area contributed by atoms with Crippen LogP contribution in [0.1, 0.15) is 19.8 Å². The van der Waals surface area contributed by atoms with Crippen LogP contribution in [0.5, 0.6) is 0 Å². The highest BCUT2D eigenvalue weighted by Gasteiger charge is 2.39. The molecule has 92 valence electrons. The molecular weight excluding hydrogens is 208 g/mol. The van der Waals surface area contributed by atoms with Crippen molar-refractivity contribution < 1.29 is 14.3 Å². The lowest BCUT2D eigenvalue weighted by Gasteiger charge is -2.26. The van der Waals surface area contributed by atoms with Crippen LogP contribution in [0.4, 0.5) is 0 Å². The summed E-state index contributed by atoms with van der Waals surface area (Å²) in [6, 6.07) is 0.121. The topological polar surface area (TPSA) is 73.6 Å². The van der Waals surface area contributed by atoms with Crippen LogP contribution in [0, 0.1) is 5.92 Å². The van der Waals surface area contributed by atoms with Crippen LogP contribution in [-0.2, 0) is 14.3 Å². The first-order valence-electron chi connectivity index (χ1n) is 5.87. The minimum atomic E-state index is -0.826. The molecule has 0 aromatic heterocycles. The Bertz CT molecular complexity index is 258. The summed E-state index contributed by atoms with van der Waals surface area (Å²) >= 11 is 0. The smallest absolute Gasteiger partial charge is 0.242 e. The molecule has 2 saturated heterocycles. The van der Waals surface area contributed by atoms with Gasteiger partial charge >= 0.3 is 0 Å². The summed E-state index contributed by atoms with van der Waals surface area (Å²) in [5.41, 5.74) is 5.16. The van der Waals surface area contributed by atoms with Gasteiger partial charge in [0.1, 0.15) is 5.54 Å². The Morgan fingerprint density at radius 1 is 1.50 bits per heavy atom. The van der Waals surface area contributed by atoms with E-state index in [1.54, 1.807) is 0 Å². The molecule has 3 atom stereocenters. The van der Waals surface area contributed by atoms with E-state index in [0.29, 0.717) is 25.6 Å². The maximum Gasteiger partial charge on any atom is 0.242 e. The van der Waals surface area contributed by atoms with Crippen LogP contribution in [-0.4, -0.2) is 43.9 Å². The maximum absolute atomic E-state index is 12.0. The quantitative estimate of drug-likeness (QED) is 0.692. The lowest BCUT2D eigenvalue weighted by atomic mass is 9.96. The molecule has 2 aliphatic heterocycles. The predicted octanol–water partition coefficient (Wildman–Crippen LogP) is -0.355. The number of amides is 1. The number of rotatable bonds is 3. The molecule has 0 saturated carbocycles. The third-order valence-electron chi connectivity index (χ3n) is 3.54. The highest BCUT2D eigenvalue weighted by molar-refractivity contribution is 5.86. The van der Waals surface area contributed by atoms with Crippen LogP contribution in [0.2, 0.25) is 0 Å². The Balaban J connectivity index is 1.86. The van der Waals surface area contributed by atoms with E-state index in [4.69, 9.17) is 15.2 Å². The second kappa shape index (κ2) is 4.69. The van der Waals surface area contributed by atoms with Crippen molar-refractivity contribution in [2.75, 3.05) is 26.4 Å². The fourth-order valence-corrected chi connectivity index (χ4v) is 2.18. The minimum absolute atomic E-state index is 0.0931. The van der Waals surface area contributed by atoms with Gasteiger partial charge in [-0.1, -0.05) is 0 Å². The van der Waals surface area contributed by atoms with Gasteiger partial charge in [0.05, 0.1) is 13.2 Å². The van der Waals surface area contributed by atoms with Crippen molar-refractivity contribution in [2.45, 2.75) is 31.3 Å². The largest absolute Gasteiger partial charge is 0.381 e. The molecule has 3 N–H and O–H groups in total. The normalized spacial score (nSPS) is 36.2. The number of carbonyl (C=O) groups excluding carboxylic acids is 1. The van der Waals surface area contributed by atoms with Crippen molar-refractivity contribution >= 4 is 5.91 Å². The van der Waals surface area contributed by atoms with Crippen LogP contribution in [0.25, 0.3) is 0 Å². The number of carbonyl (C=O) groups is 1. The molecule has 3 unspecified atom stereocenters. The highest BCUT2D eigenvalue weighted by atomic mass is 16.5. The number of hydrogen-bond donors (Lipinski definition) is 2. The molecule has 0 radical (unpaired) electrons. The van der Waals surface area contributed by atoms with Crippen LogP contribution in [0.15, 0.2) is 0 Å². The third-order valence-corrected chi connectivity index (χ3v) is 3.54. The second-order valence-electron chi connectivity index (χ2n) is 4.84. The summed E-state index contributed by atoms with van der Waals surface area (Å²) in [7, 11) is 0. The molecule has 2 rings (SSSR count). The van der Waals surface area contributed by atoms with Gasteiger partial charge < -0.3 is 20.5 Å². The van der Waals surface area contributed by atoms with E-state index in [9.17, 15) is 4.79 Å². The van der Waals surface area contributed by atoms with Gasteiger partial charge in [-0.2, -0.15) is 0 Å². The molecule has 0 aromatic carbocycles. The Kier molecular flexibility index (Phi) is 3.47. The Labute approximate surface area is 95.7 Å². The van der Waals surface area contributed by atoms with Crippen LogP contribution in [0.3, 0.4) is 0 Å². The van der Waals surface area contributed by atoms with Crippen LogP contribution >= 0.6 is 0 Å². The van der Waals surface area contributed by atoms with Gasteiger partial charge in [0.25, 0.3) is 0 Å². The van der Waals surface area contributed by atoms with Gasteiger partial charge in [-0.15, -0.1) is 0 Å². The Morgan fingerprint density at radius 3 is 2.88 bits per heavy atom. The molecule has 16 heavy (non-hydrogen) atoms. The van der Waals surface area contributed by atoms with E-state index in [1.165, 1.54) is 0 Å². The number of hydrogen-bond acceptors (Lipinski definition) is 4. The predicted molar refractivity (Wildman–Crippen MR) is 58.9 cm³/mol. The second-order valence-corrected chi connectivity index (χ2v) is 4.84. The molecule has 5 heteroatoms. The van der Waals surface area contributed by atoms with Gasteiger partial charge in [0, 0.05) is 25.2 Å². The SMILES string of the molecule is CC(NC(=O)C1(N)CCOC1)C1CCOC1.